The molecule has 0 radical (unpaired) electrons. The van der Waals surface area contributed by atoms with Crippen LogP contribution < -0.4 is 4.74 Å². The molecule has 0 amide bonds. The van der Waals surface area contributed by atoms with Gasteiger partial charge in [0.15, 0.2) is 5.71 Å². The first kappa shape index (κ1) is 16.0. The van der Waals surface area contributed by atoms with Gasteiger partial charge in [0.2, 0.25) is 0 Å². The Kier molecular flexibility index (Phi) is 5.72. The number of carbonyl (C=O) groups excluding carboxylic acids is 1. The number of methoxy groups -OCH3 is 1. The summed E-state index contributed by atoms with van der Waals surface area (Å²) in [5, 5.41) is 12.5. The van der Waals surface area contributed by atoms with E-state index in [0.29, 0.717) is 11.3 Å². The Morgan fingerprint density at radius 1 is 1.13 bits per heavy atom. The Morgan fingerprint density at radius 3 is 2.43 bits per heavy atom. The summed E-state index contributed by atoms with van der Waals surface area (Å²) >= 11 is 0. The number of ether oxygens (including phenoxy) is 2. The fourth-order valence-electron chi connectivity index (χ4n) is 1.71. The molecule has 2 aromatic rings. The van der Waals surface area contributed by atoms with E-state index in [4.69, 9.17) is 14.7 Å². The van der Waals surface area contributed by atoms with Gasteiger partial charge in [0.05, 0.1) is 7.11 Å². The summed E-state index contributed by atoms with van der Waals surface area (Å²) in [7, 11) is 1.57. The third-order valence-corrected chi connectivity index (χ3v) is 2.88. The fraction of sp³-hybridized carbons (Fsp3) is 0.118. The van der Waals surface area contributed by atoms with Crippen molar-refractivity contribution in [2.24, 2.45) is 5.16 Å². The van der Waals surface area contributed by atoms with Crippen LogP contribution in [0.3, 0.4) is 0 Å². The summed E-state index contributed by atoms with van der Waals surface area (Å²) in [5.41, 5.74) is 1.32. The zero-order valence-electron chi connectivity index (χ0n) is 12.4. The molecule has 2 aromatic carbocycles. The molecule has 0 bridgehead atoms. The second-order valence-corrected chi connectivity index (χ2v) is 4.40. The Labute approximate surface area is 133 Å². The molecular weight excluding hydrogens is 296 g/mol. The zero-order valence-corrected chi connectivity index (χ0v) is 12.4. The highest BCUT2D eigenvalue weighted by atomic mass is 16.8. The van der Waals surface area contributed by atoms with Crippen LogP contribution in [-0.2, 0) is 16.2 Å². The minimum atomic E-state index is -0.982. The molecule has 0 aliphatic heterocycles. The summed E-state index contributed by atoms with van der Waals surface area (Å²) in [6.45, 7) is 0.0333. The number of hydrogen-bond donors (Lipinski definition) is 0. The molecular formula is C17H14N2O4. The lowest BCUT2D eigenvalue weighted by atomic mass is 10.1. The lowest BCUT2D eigenvalue weighted by molar-refractivity contribution is 0.0521. The molecule has 0 unspecified atom stereocenters. The quantitative estimate of drug-likeness (QED) is 0.366. The SMILES string of the molecule is COc1ccc(COC(=O)O/N=C(/C#N)c2ccccc2)cc1. The van der Waals surface area contributed by atoms with E-state index in [2.05, 4.69) is 9.99 Å². The van der Waals surface area contributed by atoms with E-state index in [1.807, 2.05) is 12.1 Å². The molecule has 0 aromatic heterocycles. The average Bonchev–Trinajstić information content (AvgIpc) is 2.62. The molecule has 0 saturated heterocycles. The predicted molar refractivity (Wildman–Crippen MR) is 82.9 cm³/mol. The first-order valence-electron chi connectivity index (χ1n) is 6.73. The molecule has 0 aliphatic rings. The van der Waals surface area contributed by atoms with Gasteiger partial charge in [-0.25, -0.2) is 4.79 Å². The molecule has 0 spiro atoms. The van der Waals surface area contributed by atoms with E-state index in [1.54, 1.807) is 55.6 Å². The van der Waals surface area contributed by atoms with E-state index in [9.17, 15) is 4.79 Å². The van der Waals surface area contributed by atoms with Crippen molar-refractivity contribution in [3.8, 4) is 11.8 Å². The minimum Gasteiger partial charge on any atom is -0.497 e. The fourth-order valence-corrected chi connectivity index (χ4v) is 1.71. The van der Waals surface area contributed by atoms with Crippen molar-refractivity contribution in [1.82, 2.24) is 0 Å². The van der Waals surface area contributed by atoms with Gasteiger partial charge >= 0.3 is 6.16 Å². The van der Waals surface area contributed by atoms with Crippen LogP contribution in [0.4, 0.5) is 4.79 Å². The third-order valence-electron chi connectivity index (χ3n) is 2.88. The molecule has 0 aliphatic carbocycles. The zero-order chi connectivity index (χ0) is 16.5. The maximum absolute atomic E-state index is 11.5. The predicted octanol–water partition coefficient (Wildman–Crippen LogP) is 3.28. The molecule has 0 fully saturated rings. The van der Waals surface area contributed by atoms with Crippen molar-refractivity contribution in [1.29, 1.82) is 5.26 Å². The van der Waals surface area contributed by atoms with Crippen molar-refractivity contribution in [3.63, 3.8) is 0 Å². The minimum absolute atomic E-state index is 0.00741. The maximum Gasteiger partial charge on any atom is 0.535 e. The van der Waals surface area contributed by atoms with Crippen LogP contribution in [0.2, 0.25) is 0 Å². The van der Waals surface area contributed by atoms with E-state index < -0.39 is 6.16 Å². The van der Waals surface area contributed by atoms with Gasteiger partial charge in [-0.3, -0.25) is 4.84 Å². The summed E-state index contributed by atoms with van der Waals surface area (Å²) in [4.78, 5) is 16.1. The van der Waals surface area contributed by atoms with Crippen LogP contribution in [0.15, 0.2) is 59.8 Å². The summed E-state index contributed by atoms with van der Waals surface area (Å²) in [6, 6.07) is 17.6. The number of nitriles is 1. The van der Waals surface area contributed by atoms with Crippen LogP contribution in [0.1, 0.15) is 11.1 Å². The van der Waals surface area contributed by atoms with Gasteiger partial charge in [-0.15, -0.1) is 0 Å². The van der Waals surface area contributed by atoms with Crippen LogP contribution in [0.5, 0.6) is 5.75 Å². The molecule has 116 valence electrons. The van der Waals surface area contributed by atoms with Crippen molar-refractivity contribution in [3.05, 3.63) is 65.7 Å². The average molecular weight is 310 g/mol. The van der Waals surface area contributed by atoms with Crippen molar-refractivity contribution in [2.45, 2.75) is 6.61 Å². The van der Waals surface area contributed by atoms with Crippen molar-refractivity contribution < 1.29 is 19.1 Å². The van der Waals surface area contributed by atoms with E-state index >= 15 is 0 Å². The largest absolute Gasteiger partial charge is 0.535 e. The molecule has 0 heterocycles. The molecule has 2 rings (SSSR count). The van der Waals surface area contributed by atoms with Crippen molar-refractivity contribution >= 4 is 11.9 Å². The standard InChI is InChI=1S/C17H14N2O4/c1-21-15-9-7-13(8-10-15)12-22-17(20)23-19-16(11-18)14-5-3-2-4-6-14/h2-10H,12H2,1H3/b19-16-. The topological polar surface area (TPSA) is 80.9 Å². The summed E-state index contributed by atoms with van der Waals surface area (Å²) in [6.07, 6.45) is -0.982. The van der Waals surface area contributed by atoms with Crippen LogP contribution in [0, 0.1) is 11.3 Å². The monoisotopic (exact) mass is 310 g/mol. The van der Waals surface area contributed by atoms with E-state index in [1.165, 1.54) is 0 Å². The van der Waals surface area contributed by atoms with Crippen molar-refractivity contribution in [2.75, 3.05) is 7.11 Å². The van der Waals surface area contributed by atoms with Gasteiger partial charge in [0.25, 0.3) is 0 Å². The molecule has 23 heavy (non-hydrogen) atoms. The third kappa shape index (κ3) is 4.86. The highest BCUT2D eigenvalue weighted by molar-refractivity contribution is 6.11. The van der Waals surface area contributed by atoms with Crippen LogP contribution in [0.25, 0.3) is 0 Å². The Bertz CT molecular complexity index is 719. The first-order valence-corrected chi connectivity index (χ1v) is 6.73. The van der Waals surface area contributed by atoms with Gasteiger partial charge in [-0.05, 0) is 17.7 Å². The number of carbonyl (C=O) groups is 1. The normalized spacial score (nSPS) is 10.5. The maximum atomic E-state index is 11.5. The molecule has 6 heteroatoms. The lowest BCUT2D eigenvalue weighted by Crippen LogP contribution is -2.06. The van der Waals surface area contributed by atoms with Crippen LogP contribution >= 0.6 is 0 Å². The van der Waals surface area contributed by atoms with E-state index in [0.717, 1.165) is 5.56 Å². The lowest BCUT2D eigenvalue weighted by Gasteiger charge is -2.04. The van der Waals surface area contributed by atoms with Gasteiger partial charge in [0, 0.05) is 5.56 Å². The van der Waals surface area contributed by atoms with Gasteiger partial charge in [0.1, 0.15) is 18.4 Å². The number of benzene rings is 2. The van der Waals surface area contributed by atoms with Crippen LogP contribution in [-0.4, -0.2) is 19.0 Å². The Morgan fingerprint density at radius 2 is 1.83 bits per heavy atom. The first-order chi connectivity index (χ1) is 11.2. The molecule has 0 N–H and O–H groups in total. The molecule has 0 atom stereocenters. The Balaban J connectivity index is 1.89. The smallest absolute Gasteiger partial charge is 0.497 e. The number of hydrogen-bond acceptors (Lipinski definition) is 6. The van der Waals surface area contributed by atoms with Gasteiger partial charge < -0.3 is 9.47 Å². The highest BCUT2D eigenvalue weighted by Gasteiger charge is 2.07. The number of rotatable bonds is 5. The summed E-state index contributed by atoms with van der Waals surface area (Å²) in [5.74, 6) is 0.711. The van der Waals surface area contributed by atoms with Gasteiger partial charge in [-0.1, -0.05) is 47.6 Å². The number of oxime groups is 1. The molecule has 6 nitrogen and oxygen atoms in total. The summed E-state index contributed by atoms with van der Waals surface area (Å²) < 4.78 is 9.95. The van der Waals surface area contributed by atoms with E-state index in [-0.39, 0.29) is 12.3 Å². The Hall–Kier alpha value is -3.33. The highest BCUT2D eigenvalue weighted by Crippen LogP contribution is 2.12. The van der Waals surface area contributed by atoms with Gasteiger partial charge in [-0.2, -0.15) is 5.26 Å². The molecule has 0 saturated carbocycles. The number of nitrogens with zero attached hydrogens (tertiary/aromatic N) is 2. The second kappa shape index (κ2) is 8.20. The second-order valence-electron chi connectivity index (χ2n) is 4.40.